The molecule has 8 nitrogen and oxygen atoms in total. The Labute approximate surface area is 243 Å². The number of amides is 2. The molecule has 1 saturated carbocycles. The first-order chi connectivity index (χ1) is 19.6. The number of carbonyl (C=O) groups is 2. The minimum atomic E-state index is -3.82. The van der Waals surface area contributed by atoms with Gasteiger partial charge in [-0.05, 0) is 68.1 Å². The lowest BCUT2D eigenvalue weighted by molar-refractivity contribution is -0.140. The first kappa shape index (κ1) is 30.1. The summed E-state index contributed by atoms with van der Waals surface area (Å²) in [5, 5.41) is 3.12. The highest BCUT2D eigenvalue weighted by Gasteiger charge is 2.33. The predicted octanol–water partition coefficient (Wildman–Crippen LogP) is 5.42. The molecule has 1 aliphatic rings. The van der Waals surface area contributed by atoms with Crippen LogP contribution in [-0.4, -0.2) is 50.0 Å². The van der Waals surface area contributed by atoms with Gasteiger partial charge in [-0.15, -0.1) is 0 Å². The zero-order valence-electron chi connectivity index (χ0n) is 24.0. The van der Waals surface area contributed by atoms with Gasteiger partial charge >= 0.3 is 0 Å². The largest absolute Gasteiger partial charge is 0.457 e. The monoisotopic (exact) mass is 577 g/mol. The van der Waals surface area contributed by atoms with Crippen molar-refractivity contribution in [2.24, 2.45) is 0 Å². The number of aryl methyl sites for hydroxylation is 1. The number of anilines is 1. The normalized spacial score (nSPS) is 14.3. The maximum Gasteiger partial charge on any atom is 0.244 e. The minimum Gasteiger partial charge on any atom is -0.457 e. The number of carbonyl (C=O) groups excluding carboxylic acids is 2. The summed E-state index contributed by atoms with van der Waals surface area (Å²) < 4.78 is 32.7. The van der Waals surface area contributed by atoms with Gasteiger partial charge in [0.25, 0.3) is 0 Å². The number of hydrogen-bond donors (Lipinski definition) is 1. The van der Waals surface area contributed by atoms with Crippen LogP contribution < -0.4 is 14.4 Å². The molecule has 3 aromatic carbocycles. The van der Waals surface area contributed by atoms with Crippen molar-refractivity contribution in [1.29, 1.82) is 0 Å². The van der Waals surface area contributed by atoms with E-state index in [9.17, 15) is 18.0 Å². The van der Waals surface area contributed by atoms with Crippen LogP contribution in [0.5, 0.6) is 11.5 Å². The second-order valence-electron chi connectivity index (χ2n) is 10.6. The zero-order valence-corrected chi connectivity index (χ0v) is 24.8. The van der Waals surface area contributed by atoms with E-state index in [0.717, 1.165) is 47.4 Å². The molecule has 1 N–H and O–H groups in total. The van der Waals surface area contributed by atoms with Gasteiger partial charge in [0, 0.05) is 12.6 Å². The van der Waals surface area contributed by atoms with Gasteiger partial charge in [-0.2, -0.15) is 0 Å². The third-order valence-corrected chi connectivity index (χ3v) is 8.48. The Bertz CT molecular complexity index is 1400. The van der Waals surface area contributed by atoms with Crippen LogP contribution in [0.4, 0.5) is 5.69 Å². The lowest BCUT2D eigenvalue weighted by Gasteiger charge is -2.33. The predicted molar refractivity (Wildman–Crippen MR) is 161 cm³/mol. The molecule has 1 fully saturated rings. The molecule has 41 heavy (non-hydrogen) atoms. The van der Waals surface area contributed by atoms with E-state index >= 15 is 0 Å². The van der Waals surface area contributed by atoms with Crippen molar-refractivity contribution in [3.63, 3.8) is 0 Å². The summed E-state index contributed by atoms with van der Waals surface area (Å²) in [5.41, 5.74) is 2.28. The van der Waals surface area contributed by atoms with E-state index in [2.05, 4.69) is 5.32 Å². The topological polar surface area (TPSA) is 96.0 Å². The average molecular weight is 578 g/mol. The fourth-order valence-corrected chi connectivity index (χ4v) is 5.95. The molecule has 0 bridgehead atoms. The molecule has 1 unspecified atom stereocenters. The lowest BCUT2D eigenvalue weighted by atomic mass is 10.1. The van der Waals surface area contributed by atoms with Gasteiger partial charge in [-0.25, -0.2) is 8.42 Å². The SMILES string of the molecule is CCC(C(=O)NC1CCCC1)N(Cc1ccc(C)cc1)C(=O)CN(c1ccc(Oc2ccccc2)cc1)S(C)(=O)=O. The average Bonchev–Trinajstić information content (AvgIpc) is 3.46. The van der Waals surface area contributed by atoms with Gasteiger partial charge < -0.3 is 15.0 Å². The lowest BCUT2D eigenvalue weighted by Crippen LogP contribution is -2.53. The maximum atomic E-state index is 13.9. The van der Waals surface area contributed by atoms with Gasteiger partial charge in [-0.1, -0.05) is 67.8 Å². The van der Waals surface area contributed by atoms with Crippen molar-refractivity contribution in [2.45, 2.75) is 64.6 Å². The van der Waals surface area contributed by atoms with Crippen molar-refractivity contribution in [3.05, 3.63) is 90.0 Å². The van der Waals surface area contributed by atoms with Crippen molar-refractivity contribution in [1.82, 2.24) is 10.2 Å². The van der Waals surface area contributed by atoms with E-state index in [0.29, 0.717) is 23.6 Å². The quantitative estimate of drug-likeness (QED) is 0.310. The molecule has 3 aromatic rings. The van der Waals surface area contributed by atoms with Crippen LogP contribution in [-0.2, 0) is 26.2 Å². The van der Waals surface area contributed by atoms with Crippen LogP contribution in [0.15, 0.2) is 78.9 Å². The van der Waals surface area contributed by atoms with Crippen molar-refractivity contribution in [2.75, 3.05) is 17.1 Å². The maximum absolute atomic E-state index is 13.9. The summed E-state index contributed by atoms with van der Waals surface area (Å²) in [7, 11) is -3.82. The number of nitrogens with one attached hydrogen (secondary N) is 1. The van der Waals surface area contributed by atoms with E-state index < -0.39 is 28.5 Å². The van der Waals surface area contributed by atoms with Crippen LogP contribution in [0, 0.1) is 6.92 Å². The Balaban J connectivity index is 1.58. The number of benzene rings is 3. The standard InChI is InChI=1S/C32H39N3O5S/c1-4-30(32(37)33-26-10-8-9-11-26)34(22-25-16-14-24(2)15-17-25)31(36)23-35(41(3,38)39)27-18-20-29(21-19-27)40-28-12-6-5-7-13-28/h5-7,12-21,26,30H,4,8-11,22-23H2,1-3H3,(H,33,37). The van der Waals surface area contributed by atoms with Gasteiger partial charge in [-0.3, -0.25) is 13.9 Å². The summed E-state index contributed by atoms with van der Waals surface area (Å²) in [6.07, 6.45) is 5.49. The first-order valence-corrected chi connectivity index (χ1v) is 15.9. The van der Waals surface area contributed by atoms with Crippen molar-refractivity contribution in [3.8, 4) is 11.5 Å². The smallest absolute Gasteiger partial charge is 0.244 e. The molecular weight excluding hydrogens is 538 g/mol. The summed E-state index contributed by atoms with van der Waals surface area (Å²) in [5.74, 6) is 0.543. The number of sulfonamides is 1. The Morgan fingerprint density at radius 3 is 2.12 bits per heavy atom. The van der Waals surface area contributed by atoms with Gasteiger partial charge in [0.05, 0.1) is 11.9 Å². The molecule has 0 heterocycles. The molecule has 0 aromatic heterocycles. The molecule has 2 amide bonds. The molecule has 1 aliphatic carbocycles. The third-order valence-electron chi connectivity index (χ3n) is 7.34. The van der Waals surface area contributed by atoms with Crippen LogP contribution in [0.2, 0.25) is 0 Å². The highest BCUT2D eigenvalue weighted by molar-refractivity contribution is 7.92. The fraction of sp³-hybridized carbons (Fsp3) is 0.375. The van der Waals surface area contributed by atoms with Crippen LogP contribution in [0.25, 0.3) is 0 Å². The Kier molecular flexibility index (Phi) is 10.0. The highest BCUT2D eigenvalue weighted by atomic mass is 32.2. The van der Waals surface area contributed by atoms with Crippen LogP contribution in [0.3, 0.4) is 0 Å². The summed E-state index contributed by atoms with van der Waals surface area (Å²) >= 11 is 0. The molecule has 4 rings (SSSR count). The minimum absolute atomic E-state index is 0.108. The van der Waals surface area contributed by atoms with E-state index in [1.807, 2.05) is 68.4 Å². The molecule has 0 saturated heterocycles. The second-order valence-corrected chi connectivity index (χ2v) is 12.5. The zero-order chi connectivity index (χ0) is 29.4. The second kappa shape index (κ2) is 13.7. The van der Waals surface area contributed by atoms with E-state index in [-0.39, 0.29) is 18.5 Å². The fourth-order valence-electron chi connectivity index (χ4n) is 5.10. The Morgan fingerprint density at radius 1 is 0.927 bits per heavy atom. The van der Waals surface area contributed by atoms with Gasteiger partial charge in [0.1, 0.15) is 24.1 Å². The summed E-state index contributed by atoms with van der Waals surface area (Å²) in [4.78, 5) is 28.8. The number of hydrogen-bond acceptors (Lipinski definition) is 5. The number of para-hydroxylation sites is 1. The van der Waals surface area contributed by atoms with Crippen molar-refractivity contribution < 1.29 is 22.7 Å². The number of ether oxygens (including phenoxy) is 1. The van der Waals surface area contributed by atoms with Gasteiger partial charge in [0.2, 0.25) is 21.8 Å². The summed E-state index contributed by atoms with van der Waals surface area (Å²) in [6.45, 7) is 3.61. The van der Waals surface area contributed by atoms with E-state index in [1.54, 1.807) is 24.3 Å². The molecule has 218 valence electrons. The third kappa shape index (κ3) is 8.33. The molecule has 0 radical (unpaired) electrons. The summed E-state index contributed by atoms with van der Waals surface area (Å²) in [6, 6.07) is 23.0. The van der Waals surface area contributed by atoms with Crippen LogP contribution >= 0.6 is 0 Å². The van der Waals surface area contributed by atoms with Crippen molar-refractivity contribution >= 4 is 27.5 Å². The molecule has 9 heteroatoms. The number of rotatable bonds is 12. The molecule has 1 atom stereocenters. The molecule has 0 spiro atoms. The molecule has 0 aliphatic heterocycles. The van der Waals surface area contributed by atoms with Crippen LogP contribution in [0.1, 0.15) is 50.2 Å². The van der Waals surface area contributed by atoms with E-state index in [4.69, 9.17) is 4.74 Å². The van der Waals surface area contributed by atoms with E-state index in [1.165, 1.54) is 4.90 Å². The number of nitrogens with zero attached hydrogens (tertiary/aromatic N) is 2. The Hall–Kier alpha value is -3.85. The highest BCUT2D eigenvalue weighted by Crippen LogP contribution is 2.26. The van der Waals surface area contributed by atoms with Gasteiger partial charge in [0.15, 0.2) is 0 Å². The first-order valence-electron chi connectivity index (χ1n) is 14.1. The Morgan fingerprint density at radius 2 is 1.54 bits per heavy atom. The molecular formula is C32H39N3O5S.